The van der Waals surface area contributed by atoms with Crippen molar-refractivity contribution in [2.45, 2.75) is 11.8 Å². The fourth-order valence-corrected chi connectivity index (χ4v) is 2.42. The van der Waals surface area contributed by atoms with E-state index in [0.717, 1.165) is 0 Å². The molecule has 0 fully saturated rings. The number of ether oxygens (including phenoxy) is 1. The number of rotatable bonds is 4. The Morgan fingerprint density at radius 1 is 1.39 bits per heavy atom. The van der Waals surface area contributed by atoms with Crippen LogP contribution < -0.4 is 4.74 Å². The van der Waals surface area contributed by atoms with Crippen molar-refractivity contribution < 1.29 is 17.9 Å². The van der Waals surface area contributed by atoms with Crippen molar-refractivity contribution in [1.82, 2.24) is 4.90 Å². The minimum absolute atomic E-state index is 0.0148. The summed E-state index contributed by atoms with van der Waals surface area (Å²) in [6.45, 7) is 1.47. The lowest BCUT2D eigenvalue weighted by Crippen LogP contribution is -2.27. The van der Waals surface area contributed by atoms with Crippen LogP contribution in [0.4, 0.5) is 0 Å². The SMILES string of the molecule is Cc1ccc(OCC(=O)N(C)C)cc1S(=O)(=O)Cl. The van der Waals surface area contributed by atoms with Crippen molar-refractivity contribution in [3.63, 3.8) is 0 Å². The molecule has 0 saturated carbocycles. The first-order valence-corrected chi connectivity index (χ1v) is 7.41. The zero-order valence-corrected chi connectivity index (χ0v) is 11.9. The standard InChI is InChI=1S/C11H14ClNO4S/c1-8-4-5-9(6-10(8)18(12,15)16)17-7-11(14)13(2)3/h4-6H,7H2,1-3H3. The first-order chi connectivity index (χ1) is 8.21. The smallest absolute Gasteiger partial charge is 0.261 e. The molecule has 1 rings (SSSR count). The summed E-state index contributed by atoms with van der Waals surface area (Å²) in [7, 11) is 4.69. The summed E-state index contributed by atoms with van der Waals surface area (Å²) in [5.74, 6) is 0.0703. The normalized spacial score (nSPS) is 11.1. The molecule has 0 heterocycles. The van der Waals surface area contributed by atoms with Crippen LogP contribution in [0.1, 0.15) is 5.56 Å². The highest BCUT2D eigenvalue weighted by atomic mass is 35.7. The van der Waals surface area contributed by atoms with Gasteiger partial charge in [0.25, 0.3) is 15.0 Å². The molecular weight excluding hydrogens is 278 g/mol. The molecule has 0 saturated heterocycles. The van der Waals surface area contributed by atoms with E-state index in [1.807, 2.05) is 0 Å². The number of aryl methyl sites for hydroxylation is 1. The van der Waals surface area contributed by atoms with E-state index < -0.39 is 9.05 Å². The Balaban J connectivity index is 2.90. The monoisotopic (exact) mass is 291 g/mol. The van der Waals surface area contributed by atoms with Crippen LogP contribution in [-0.2, 0) is 13.8 Å². The maximum absolute atomic E-state index is 11.3. The minimum atomic E-state index is -3.81. The van der Waals surface area contributed by atoms with Gasteiger partial charge >= 0.3 is 0 Å². The van der Waals surface area contributed by atoms with Gasteiger partial charge in [-0.3, -0.25) is 4.79 Å². The fraction of sp³-hybridized carbons (Fsp3) is 0.364. The Kier molecular flexibility index (Phi) is 4.59. The van der Waals surface area contributed by atoms with Crippen molar-refractivity contribution >= 4 is 25.6 Å². The minimum Gasteiger partial charge on any atom is -0.484 e. The van der Waals surface area contributed by atoms with Gasteiger partial charge in [0.05, 0.1) is 4.90 Å². The molecule has 0 spiro atoms. The summed E-state index contributed by atoms with van der Waals surface area (Å²) in [6.07, 6.45) is 0. The van der Waals surface area contributed by atoms with E-state index in [9.17, 15) is 13.2 Å². The molecule has 0 bridgehead atoms. The Morgan fingerprint density at radius 3 is 2.50 bits per heavy atom. The predicted molar refractivity (Wildman–Crippen MR) is 68.4 cm³/mol. The van der Waals surface area contributed by atoms with Gasteiger partial charge in [0.2, 0.25) is 0 Å². The Hall–Kier alpha value is -1.27. The molecule has 1 amide bonds. The van der Waals surface area contributed by atoms with Crippen molar-refractivity contribution in [3.8, 4) is 5.75 Å². The van der Waals surface area contributed by atoms with E-state index in [4.69, 9.17) is 15.4 Å². The third kappa shape index (κ3) is 3.89. The maximum atomic E-state index is 11.3. The molecule has 5 nitrogen and oxygen atoms in total. The summed E-state index contributed by atoms with van der Waals surface area (Å²) in [5.41, 5.74) is 0.524. The van der Waals surface area contributed by atoms with Crippen LogP contribution in [0.5, 0.6) is 5.75 Å². The van der Waals surface area contributed by atoms with Gasteiger partial charge in [-0.05, 0) is 18.6 Å². The van der Waals surface area contributed by atoms with Gasteiger partial charge in [-0.2, -0.15) is 0 Å². The van der Waals surface area contributed by atoms with E-state index in [1.165, 1.54) is 11.0 Å². The summed E-state index contributed by atoms with van der Waals surface area (Å²) >= 11 is 0. The third-order valence-electron chi connectivity index (χ3n) is 2.28. The molecule has 0 aliphatic rings. The van der Waals surface area contributed by atoms with E-state index in [1.54, 1.807) is 33.2 Å². The lowest BCUT2D eigenvalue weighted by molar-refractivity contribution is -0.130. The topological polar surface area (TPSA) is 63.7 Å². The number of hydrogen-bond acceptors (Lipinski definition) is 4. The van der Waals surface area contributed by atoms with Crippen molar-refractivity contribution in [3.05, 3.63) is 23.8 Å². The van der Waals surface area contributed by atoms with Gasteiger partial charge in [-0.25, -0.2) is 8.42 Å². The lowest BCUT2D eigenvalue weighted by atomic mass is 10.2. The molecular formula is C11H14ClNO4S. The van der Waals surface area contributed by atoms with Gasteiger partial charge in [-0.1, -0.05) is 6.07 Å². The summed E-state index contributed by atoms with van der Waals surface area (Å²) in [6, 6.07) is 4.47. The van der Waals surface area contributed by atoms with Gasteiger partial charge < -0.3 is 9.64 Å². The highest BCUT2D eigenvalue weighted by Gasteiger charge is 2.15. The second kappa shape index (κ2) is 5.58. The van der Waals surface area contributed by atoms with Gasteiger partial charge in [0.1, 0.15) is 5.75 Å². The molecule has 0 aliphatic carbocycles. The van der Waals surface area contributed by atoms with Crippen LogP contribution in [0.2, 0.25) is 0 Å². The van der Waals surface area contributed by atoms with Crippen LogP contribution in [-0.4, -0.2) is 39.9 Å². The summed E-state index contributed by atoms with van der Waals surface area (Å²) in [5, 5.41) is 0. The molecule has 0 atom stereocenters. The average Bonchev–Trinajstić information content (AvgIpc) is 2.25. The fourth-order valence-electron chi connectivity index (χ4n) is 1.21. The Bertz CT molecular complexity index is 554. The second-order valence-corrected chi connectivity index (χ2v) is 6.48. The average molecular weight is 292 g/mol. The first-order valence-electron chi connectivity index (χ1n) is 5.10. The molecule has 100 valence electrons. The molecule has 7 heteroatoms. The predicted octanol–water partition coefficient (Wildman–Crippen LogP) is 1.39. The van der Waals surface area contributed by atoms with Crippen molar-refractivity contribution in [1.29, 1.82) is 0 Å². The first kappa shape index (κ1) is 14.8. The van der Waals surface area contributed by atoms with E-state index in [-0.39, 0.29) is 23.2 Å². The largest absolute Gasteiger partial charge is 0.484 e. The zero-order valence-electron chi connectivity index (χ0n) is 10.3. The van der Waals surface area contributed by atoms with Gasteiger partial charge in [0, 0.05) is 30.8 Å². The van der Waals surface area contributed by atoms with Crippen LogP contribution in [0.3, 0.4) is 0 Å². The molecule has 0 radical (unpaired) electrons. The molecule has 1 aromatic rings. The number of benzene rings is 1. The highest BCUT2D eigenvalue weighted by Crippen LogP contribution is 2.24. The quantitative estimate of drug-likeness (QED) is 0.787. The lowest BCUT2D eigenvalue weighted by Gasteiger charge is -2.12. The maximum Gasteiger partial charge on any atom is 0.261 e. The van der Waals surface area contributed by atoms with E-state index >= 15 is 0 Å². The molecule has 0 aromatic heterocycles. The van der Waals surface area contributed by atoms with Crippen LogP contribution in [0.15, 0.2) is 23.1 Å². The summed E-state index contributed by atoms with van der Waals surface area (Å²) < 4.78 is 27.8. The van der Waals surface area contributed by atoms with E-state index in [2.05, 4.69) is 0 Å². The number of amides is 1. The molecule has 0 unspecified atom stereocenters. The molecule has 18 heavy (non-hydrogen) atoms. The second-order valence-electron chi connectivity index (χ2n) is 3.94. The molecule has 1 aromatic carbocycles. The van der Waals surface area contributed by atoms with Crippen LogP contribution >= 0.6 is 10.7 Å². The van der Waals surface area contributed by atoms with Crippen LogP contribution in [0, 0.1) is 6.92 Å². The van der Waals surface area contributed by atoms with Gasteiger partial charge in [0.15, 0.2) is 6.61 Å². The third-order valence-corrected chi connectivity index (χ3v) is 3.75. The van der Waals surface area contributed by atoms with Gasteiger partial charge in [-0.15, -0.1) is 0 Å². The molecule has 0 aliphatic heterocycles. The van der Waals surface area contributed by atoms with Crippen molar-refractivity contribution in [2.75, 3.05) is 20.7 Å². The Morgan fingerprint density at radius 2 is 2.00 bits per heavy atom. The zero-order chi connectivity index (χ0) is 13.9. The number of halogens is 1. The number of likely N-dealkylation sites (N-methyl/N-ethyl adjacent to an activating group) is 1. The number of carbonyl (C=O) groups is 1. The van der Waals surface area contributed by atoms with Crippen molar-refractivity contribution in [2.24, 2.45) is 0 Å². The van der Waals surface area contributed by atoms with Crippen LogP contribution in [0.25, 0.3) is 0 Å². The number of nitrogens with zero attached hydrogens (tertiary/aromatic N) is 1. The Labute approximate surface area is 111 Å². The summed E-state index contributed by atoms with van der Waals surface area (Å²) in [4.78, 5) is 12.7. The molecule has 0 N–H and O–H groups in total. The number of hydrogen-bond donors (Lipinski definition) is 0. The van der Waals surface area contributed by atoms with E-state index in [0.29, 0.717) is 5.56 Å². The highest BCUT2D eigenvalue weighted by molar-refractivity contribution is 8.13. The number of carbonyl (C=O) groups excluding carboxylic acids is 1.